The van der Waals surface area contributed by atoms with Crippen molar-refractivity contribution in [1.29, 1.82) is 0 Å². The molecule has 0 radical (unpaired) electrons. The molecule has 0 fully saturated rings. The monoisotopic (exact) mass is 444 g/mol. The number of rotatable bonds is 9. The number of anilines is 1. The molecule has 1 aliphatic carbocycles. The summed E-state index contributed by atoms with van der Waals surface area (Å²) in [6.07, 6.45) is -0.450. The van der Waals surface area contributed by atoms with Crippen LogP contribution in [0.25, 0.3) is 11.1 Å². The van der Waals surface area contributed by atoms with Crippen molar-refractivity contribution in [1.82, 2.24) is 5.32 Å². The maximum Gasteiger partial charge on any atom is 0.407 e. The first-order chi connectivity index (χ1) is 16.1. The Hall–Kier alpha value is -3.80. The third-order valence-corrected chi connectivity index (χ3v) is 6.12. The number of hydrogen-bond acceptors (Lipinski definition) is 4. The molecule has 6 heteroatoms. The lowest BCUT2D eigenvalue weighted by atomic mass is 9.98. The normalized spacial score (nSPS) is 13.0. The first-order valence-corrected chi connectivity index (χ1v) is 11.2. The molecule has 0 heterocycles. The lowest BCUT2D eigenvalue weighted by Gasteiger charge is -2.25. The second-order valence-electron chi connectivity index (χ2n) is 8.06. The zero-order valence-electron chi connectivity index (χ0n) is 18.6. The molecule has 0 saturated heterocycles. The van der Waals surface area contributed by atoms with Crippen LogP contribution in [0.1, 0.15) is 30.4 Å². The number of nitrogens with one attached hydrogen (secondary N) is 1. The number of hydrogen-bond donors (Lipinski definition) is 2. The fraction of sp³-hybridized carbons (Fsp3) is 0.259. The van der Waals surface area contributed by atoms with E-state index in [9.17, 15) is 14.7 Å². The number of alkyl carbamates (subject to hydrolysis) is 1. The Balaban J connectivity index is 1.37. The van der Waals surface area contributed by atoms with Gasteiger partial charge in [-0.1, -0.05) is 66.7 Å². The Morgan fingerprint density at radius 3 is 2.09 bits per heavy atom. The molecule has 170 valence electrons. The van der Waals surface area contributed by atoms with Crippen LogP contribution in [0.3, 0.4) is 0 Å². The van der Waals surface area contributed by atoms with Crippen molar-refractivity contribution in [3.05, 3.63) is 90.0 Å². The number of amides is 1. The highest BCUT2D eigenvalue weighted by atomic mass is 16.5. The molecule has 33 heavy (non-hydrogen) atoms. The number of fused-ring (bicyclic) bond motifs is 3. The molecule has 1 amide bonds. The van der Waals surface area contributed by atoms with Gasteiger partial charge in [0.15, 0.2) is 0 Å². The fourth-order valence-corrected chi connectivity index (χ4v) is 4.43. The van der Waals surface area contributed by atoms with Crippen molar-refractivity contribution in [2.45, 2.75) is 25.3 Å². The minimum absolute atomic E-state index is 0.0694. The molecule has 2 N–H and O–H groups in total. The van der Waals surface area contributed by atoms with E-state index in [1.807, 2.05) is 73.7 Å². The van der Waals surface area contributed by atoms with Gasteiger partial charge < -0.3 is 20.1 Å². The number of aliphatic carboxylic acids is 1. The minimum atomic E-state index is -1.08. The highest BCUT2D eigenvalue weighted by Crippen LogP contribution is 2.44. The van der Waals surface area contributed by atoms with Crippen LogP contribution in [0.5, 0.6) is 0 Å². The molecule has 3 aromatic carbocycles. The number of para-hydroxylation sites is 1. The summed E-state index contributed by atoms with van der Waals surface area (Å²) in [5, 5.41) is 12.2. The van der Waals surface area contributed by atoms with Crippen molar-refractivity contribution in [2.24, 2.45) is 0 Å². The van der Waals surface area contributed by atoms with Crippen LogP contribution >= 0.6 is 0 Å². The van der Waals surface area contributed by atoms with Gasteiger partial charge in [0, 0.05) is 24.7 Å². The second kappa shape index (κ2) is 10.2. The Morgan fingerprint density at radius 1 is 0.939 bits per heavy atom. The Kier molecular flexibility index (Phi) is 6.93. The molecule has 4 rings (SSSR count). The topological polar surface area (TPSA) is 78.9 Å². The highest BCUT2D eigenvalue weighted by molar-refractivity contribution is 5.81. The van der Waals surface area contributed by atoms with Gasteiger partial charge in [0.25, 0.3) is 0 Å². The zero-order chi connectivity index (χ0) is 23.2. The van der Waals surface area contributed by atoms with Gasteiger partial charge in [-0.25, -0.2) is 9.59 Å². The Labute approximate surface area is 193 Å². The van der Waals surface area contributed by atoms with Crippen LogP contribution < -0.4 is 10.2 Å². The van der Waals surface area contributed by atoms with E-state index < -0.39 is 18.1 Å². The van der Waals surface area contributed by atoms with Gasteiger partial charge in [-0.2, -0.15) is 0 Å². The lowest BCUT2D eigenvalue weighted by molar-refractivity contribution is -0.139. The minimum Gasteiger partial charge on any atom is -0.480 e. The summed E-state index contributed by atoms with van der Waals surface area (Å²) in [7, 11) is 0. The number of benzene rings is 3. The van der Waals surface area contributed by atoms with Crippen molar-refractivity contribution in [3.63, 3.8) is 0 Å². The smallest absolute Gasteiger partial charge is 0.407 e. The summed E-state index contributed by atoms with van der Waals surface area (Å²) in [6.45, 7) is 3.40. The van der Waals surface area contributed by atoms with Gasteiger partial charge in [0.05, 0.1) is 0 Å². The standard InChI is InChI=1S/C27H28N2O4/c1-2-29(19-10-4-3-5-11-19)17-16-25(26(30)31)28-27(32)33-18-24-22-14-8-6-12-20(22)21-13-7-9-15-23(21)24/h3-15,24-25H,2,16-18H2,1H3,(H,28,32)(H,30,31)/t25-/m0/s1. The maximum absolute atomic E-state index is 12.5. The van der Waals surface area contributed by atoms with Crippen molar-refractivity contribution in [3.8, 4) is 11.1 Å². The summed E-state index contributed by atoms with van der Waals surface area (Å²) >= 11 is 0. The van der Waals surface area contributed by atoms with Gasteiger partial charge in [-0.3, -0.25) is 0 Å². The predicted octanol–water partition coefficient (Wildman–Crippen LogP) is 4.89. The van der Waals surface area contributed by atoms with Gasteiger partial charge in [-0.05, 0) is 47.7 Å². The highest BCUT2D eigenvalue weighted by Gasteiger charge is 2.29. The first kappa shape index (κ1) is 22.4. The fourth-order valence-electron chi connectivity index (χ4n) is 4.43. The molecule has 3 aromatic rings. The largest absolute Gasteiger partial charge is 0.480 e. The number of carboxylic acids is 1. The Morgan fingerprint density at radius 2 is 1.52 bits per heavy atom. The second-order valence-corrected chi connectivity index (χ2v) is 8.06. The molecule has 0 aromatic heterocycles. The summed E-state index contributed by atoms with van der Waals surface area (Å²) in [4.78, 5) is 26.4. The summed E-state index contributed by atoms with van der Waals surface area (Å²) in [5.74, 6) is -1.15. The van der Waals surface area contributed by atoms with Crippen LogP contribution in [0.4, 0.5) is 10.5 Å². The van der Waals surface area contributed by atoms with Crippen molar-refractivity contribution in [2.75, 3.05) is 24.6 Å². The third kappa shape index (κ3) is 5.00. The van der Waals surface area contributed by atoms with Crippen LogP contribution in [0.2, 0.25) is 0 Å². The van der Waals surface area contributed by atoms with Crippen LogP contribution in [0, 0.1) is 0 Å². The van der Waals surface area contributed by atoms with E-state index in [2.05, 4.69) is 22.3 Å². The average Bonchev–Trinajstić information content (AvgIpc) is 3.16. The van der Waals surface area contributed by atoms with Crippen molar-refractivity contribution < 1.29 is 19.4 Å². The van der Waals surface area contributed by atoms with E-state index in [1.54, 1.807) is 0 Å². The molecule has 0 bridgehead atoms. The van der Waals surface area contributed by atoms with E-state index in [1.165, 1.54) is 0 Å². The summed E-state index contributed by atoms with van der Waals surface area (Å²) in [6, 6.07) is 25.0. The van der Waals surface area contributed by atoms with Crippen LogP contribution in [-0.2, 0) is 9.53 Å². The molecule has 0 aliphatic heterocycles. The van der Waals surface area contributed by atoms with Crippen LogP contribution in [-0.4, -0.2) is 42.9 Å². The molecule has 0 spiro atoms. The summed E-state index contributed by atoms with van der Waals surface area (Å²) in [5.41, 5.74) is 5.54. The van der Waals surface area contributed by atoms with Gasteiger partial charge in [0.1, 0.15) is 12.6 Å². The van der Waals surface area contributed by atoms with Gasteiger partial charge >= 0.3 is 12.1 Å². The van der Waals surface area contributed by atoms with Gasteiger partial charge in [-0.15, -0.1) is 0 Å². The molecular formula is C27H28N2O4. The average molecular weight is 445 g/mol. The van der Waals surface area contributed by atoms with E-state index in [0.717, 1.165) is 34.5 Å². The van der Waals surface area contributed by atoms with E-state index in [-0.39, 0.29) is 18.9 Å². The third-order valence-electron chi connectivity index (χ3n) is 6.12. The molecule has 0 saturated carbocycles. The Bertz CT molecular complexity index is 1070. The first-order valence-electron chi connectivity index (χ1n) is 11.2. The van der Waals surface area contributed by atoms with Crippen LogP contribution in [0.15, 0.2) is 78.9 Å². The molecule has 0 unspecified atom stereocenters. The maximum atomic E-state index is 12.5. The quantitative estimate of drug-likeness (QED) is 0.491. The SMILES string of the molecule is CCN(CC[C@H](NC(=O)OCC1c2ccccc2-c2ccccc21)C(=O)O)c1ccccc1. The number of nitrogens with zero attached hydrogens (tertiary/aromatic N) is 1. The number of ether oxygens (including phenoxy) is 1. The number of carbonyl (C=O) groups is 2. The van der Waals surface area contributed by atoms with E-state index in [4.69, 9.17) is 4.74 Å². The number of carbonyl (C=O) groups excluding carboxylic acids is 1. The van der Waals surface area contributed by atoms with E-state index >= 15 is 0 Å². The molecular weight excluding hydrogens is 416 g/mol. The lowest BCUT2D eigenvalue weighted by Crippen LogP contribution is -2.43. The number of carboxylic acid groups (broad SMARTS) is 1. The van der Waals surface area contributed by atoms with Crippen molar-refractivity contribution >= 4 is 17.7 Å². The zero-order valence-corrected chi connectivity index (χ0v) is 18.6. The predicted molar refractivity (Wildman–Crippen MR) is 129 cm³/mol. The van der Waals surface area contributed by atoms with E-state index in [0.29, 0.717) is 6.54 Å². The molecule has 1 atom stereocenters. The molecule has 6 nitrogen and oxygen atoms in total. The molecule has 1 aliphatic rings. The summed E-state index contributed by atoms with van der Waals surface area (Å²) < 4.78 is 5.51. The van der Waals surface area contributed by atoms with Gasteiger partial charge in [0.2, 0.25) is 0 Å².